The molecular formula is C18H16ClN5O3. The molecule has 2 heterocycles. The van der Waals surface area contributed by atoms with E-state index in [1.54, 1.807) is 6.20 Å². The van der Waals surface area contributed by atoms with Gasteiger partial charge >= 0.3 is 0 Å². The number of benzene rings is 1. The van der Waals surface area contributed by atoms with E-state index in [0.29, 0.717) is 10.6 Å². The number of fused-ring (bicyclic) bond motifs is 1. The van der Waals surface area contributed by atoms with Crippen LogP contribution in [-0.4, -0.2) is 33.8 Å². The molecule has 0 bridgehead atoms. The molecule has 0 aliphatic carbocycles. The van der Waals surface area contributed by atoms with Crippen LogP contribution in [0.1, 0.15) is 20.8 Å². The van der Waals surface area contributed by atoms with Crippen LogP contribution < -0.4 is 16.2 Å². The van der Waals surface area contributed by atoms with Crippen LogP contribution in [0.3, 0.4) is 0 Å². The standard InChI is InChI=1S/C18H16ClN5O3/c1-24-10-13(12-4-2-3-5-15(12)24)17(26)23-22-16(25)9-21-18(27)14-8-11(19)6-7-20-14/h2-8,10H,9H2,1H3,(H,21,27)(H,22,25)(H,23,26). The zero-order chi connectivity index (χ0) is 19.4. The molecule has 3 rings (SSSR count). The molecule has 0 atom stereocenters. The average Bonchev–Trinajstić information content (AvgIpc) is 3.01. The summed E-state index contributed by atoms with van der Waals surface area (Å²) < 4.78 is 1.82. The second-order valence-corrected chi connectivity index (χ2v) is 6.15. The predicted octanol–water partition coefficient (Wildman–Crippen LogP) is 1.42. The molecular weight excluding hydrogens is 370 g/mol. The van der Waals surface area contributed by atoms with Crippen LogP contribution in [0.5, 0.6) is 0 Å². The number of amides is 3. The fourth-order valence-electron chi connectivity index (χ4n) is 2.54. The number of pyridine rings is 1. The number of hydrazine groups is 1. The van der Waals surface area contributed by atoms with Crippen molar-refractivity contribution >= 4 is 40.2 Å². The van der Waals surface area contributed by atoms with E-state index in [2.05, 4.69) is 21.2 Å². The predicted molar refractivity (Wildman–Crippen MR) is 100 cm³/mol. The van der Waals surface area contributed by atoms with Gasteiger partial charge in [-0.1, -0.05) is 29.8 Å². The molecule has 1 aromatic carbocycles. The van der Waals surface area contributed by atoms with Crippen molar-refractivity contribution in [3.8, 4) is 0 Å². The third kappa shape index (κ3) is 4.24. The van der Waals surface area contributed by atoms with E-state index in [9.17, 15) is 14.4 Å². The Labute approximate surface area is 159 Å². The van der Waals surface area contributed by atoms with Gasteiger partial charge in [-0.3, -0.25) is 30.2 Å². The Balaban J connectivity index is 1.54. The van der Waals surface area contributed by atoms with Gasteiger partial charge in [0, 0.05) is 35.4 Å². The summed E-state index contributed by atoms with van der Waals surface area (Å²) in [7, 11) is 1.83. The summed E-state index contributed by atoms with van der Waals surface area (Å²) in [5.41, 5.74) is 6.02. The average molecular weight is 386 g/mol. The van der Waals surface area contributed by atoms with Crippen molar-refractivity contribution in [2.45, 2.75) is 0 Å². The Kier molecular flexibility index (Phi) is 5.37. The fraction of sp³-hybridized carbons (Fsp3) is 0.111. The first-order valence-corrected chi connectivity index (χ1v) is 8.36. The third-order valence-corrected chi connectivity index (χ3v) is 4.06. The van der Waals surface area contributed by atoms with E-state index in [0.717, 1.165) is 10.9 Å². The van der Waals surface area contributed by atoms with Crippen molar-refractivity contribution in [2.75, 3.05) is 6.54 Å². The number of nitrogens with zero attached hydrogens (tertiary/aromatic N) is 2. The van der Waals surface area contributed by atoms with Gasteiger partial charge in [-0.15, -0.1) is 0 Å². The van der Waals surface area contributed by atoms with Gasteiger partial charge in [0.2, 0.25) is 0 Å². The molecule has 138 valence electrons. The van der Waals surface area contributed by atoms with E-state index in [1.807, 2.05) is 35.9 Å². The highest BCUT2D eigenvalue weighted by atomic mass is 35.5. The van der Waals surface area contributed by atoms with E-state index in [1.165, 1.54) is 18.3 Å². The van der Waals surface area contributed by atoms with Crippen LogP contribution >= 0.6 is 11.6 Å². The molecule has 0 fully saturated rings. The van der Waals surface area contributed by atoms with E-state index in [-0.39, 0.29) is 12.2 Å². The SMILES string of the molecule is Cn1cc(C(=O)NNC(=O)CNC(=O)c2cc(Cl)ccn2)c2ccccc21. The van der Waals surface area contributed by atoms with Gasteiger partial charge in [-0.25, -0.2) is 0 Å². The summed E-state index contributed by atoms with van der Waals surface area (Å²) in [6.45, 7) is -0.331. The van der Waals surface area contributed by atoms with Crippen molar-refractivity contribution in [1.82, 2.24) is 25.7 Å². The minimum absolute atomic E-state index is 0.0927. The quantitative estimate of drug-likeness (QED) is 0.590. The van der Waals surface area contributed by atoms with Gasteiger partial charge in [0.25, 0.3) is 17.7 Å². The summed E-state index contributed by atoms with van der Waals surface area (Å²) in [6.07, 6.45) is 3.07. The first-order chi connectivity index (χ1) is 13.0. The van der Waals surface area contributed by atoms with Gasteiger partial charge in [0.05, 0.1) is 12.1 Å². The second kappa shape index (κ2) is 7.88. The fourth-order valence-corrected chi connectivity index (χ4v) is 2.70. The van der Waals surface area contributed by atoms with Gasteiger partial charge < -0.3 is 9.88 Å². The van der Waals surface area contributed by atoms with Crippen molar-refractivity contribution in [2.24, 2.45) is 7.05 Å². The number of hydrogen-bond acceptors (Lipinski definition) is 4. The van der Waals surface area contributed by atoms with Crippen LogP contribution in [0.4, 0.5) is 0 Å². The molecule has 0 unspecified atom stereocenters. The molecule has 0 saturated heterocycles. The summed E-state index contributed by atoms with van der Waals surface area (Å²) in [5, 5.41) is 3.53. The van der Waals surface area contributed by atoms with Crippen LogP contribution in [0.15, 0.2) is 48.8 Å². The minimum atomic E-state index is -0.584. The van der Waals surface area contributed by atoms with Gasteiger partial charge in [-0.2, -0.15) is 0 Å². The molecule has 3 N–H and O–H groups in total. The number of para-hydroxylation sites is 1. The zero-order valence-corrected chi connectivity index (χ0v) is 15.1. The van der Waals surface area contributed by atoms with Gasteiger partial charge in [0.1, 0.15) is 5.69 Å². The monoisotopic (exact) mass is 385 g/mol. The Bertz CT molecular complexity index is 1030. The lowest BCUT2D eigenvalue weighted by Crippen LogP contribution is -2.46. The largest absolute Gasteiger partial charge is 0.350 e. The lowest BCUT2D eigenvalue weighted by atomic mass is 10.2. The summed E-state index contributed by atoms with van der Waals surface area (Å²) in [6, 6.07) is 10.3. The Morgan fingerprint density at radius 2 is 1.89 bits per heavy atom. The molecule has 3 aromatic rings. The number of hydrogen-bond donors (Lipinski definition) is 3. The van der Waals surface area contributed by atoms with E-state index < -0.39 is 17.7 Å². The molecule has 0 radical (unpaired) electrons. The lowest BCUT2D eigenvalue weighted by Gasteiger charge is -2.08. The minimum Gasteiger partial charge on any atom is -0.350 e. The third-order valence-electron chi connectivity index (χ3n) is 3.82. The highest BCUT2D eigenvalue weighted by Crippen LogP contribution is 2.19. The van der Waals surface area contributed by atoms with Gasteiger partial charge in [0.15, 0.2) is 0 Å². The number of aryl methyl sites for hydroxylation is 1. The molecule has 0 spiro atoms. The van der Waals surface area contributed by atoms with Crippen LogP contribution in [0, 0.1) is 0 Å². The van der Waals surface area contributed by atoms with Gasteiger partial charge in [-0.05, 0) is 18.2 Å². The molecule has 0 aliphatic rings. The van der Waals surface area contributed by atoms with E-state index in [4.69, 9.17) is 11.6 Å². The van der Waals surface area contributed by atoms with Crippen molar-refractivity contribution < 1.29 is 14.4 Å². The van der Waals surface area contributed by atoms with Crippen molar-refractivity contribution in [3.05, 3.63) is 65.1 Å². The number of carbonyl (C=O) groups excluding carboxylic acids is 3. The van der Waals surface area contributed by atoms with Crippen molar-refractivity contribution in [3.63, 3.8) is 0 Å². The summed E-state index contributed by atoms with van der Waals surface area (Å²) >= 11 is 5.79. The number of carbonyl (C=O) groups is 3. The molecule has 2 aromatic heterocycles. The molecule has 8 nitrogen and oxygen atoms in total. The second-order valence-electron chi connectivity index (χ2n) is 5.72. The van der Waals surface area contributed by atoms with Crippen LogP contribution in [-0.2, 0) is 11.8 Å². The Hall–Kier alpha value is -3.39. The molecule has 0 saturated carbocycles. The number of nitrogens with one attached hydrogen (secondary N) is 3. The molecule has 27 heavy (non-hydrogen) atoms. The summed E-state index contributed by atoms with van der Waals surface area (Å²) in [4.78, 5) is 40.0. The maximum absolute atomic E-state index is 12.3. The number of halogens is 1. The maximum Gasteiger partial charge on any atom is 0.271 e. The molecule has 3 amide bonds. The zero-order valence-electron chi connectivity index (χ0n) is 14.3. The Morgan fingerprint density at radius 3 is 2.67 bits per heavy atom. The van der Waals surface area contributed by atoms with Crippen LogP contribution in [0.25, 0.3) is 10.9 Å². The lowest BCUT2D eigenvalue weighted by molar-refractivity contribution is -0.120. The highest BCUT2D eigenvalue weighted by Gasteiger charge is 2.15. The molecule has 9 heteroatoms. The first-order valence-electron chi connectivity index (χ1n) is 7.98. The maximum atomic E-state index is 12.3. The topological polar surface area (TPSA) is 105 Å². The Morgan fingerprint density at radius 1 is 1.11 bits per heavy atom. The van der Waals surface area contributed by atoms with Crippen molar-refractivity contribution in [1.29, 1.82) is 0 Å². The first kappa shape index (κ1) is 18.4. The van der Waals surface area contributed by atoms with Crippen LogP contribution in [0.2, 0.25) is 5.02 Å². The normalized spacial score (nSPS) is 10.4. The van der Waals surface area contributed by atoms with E-state index >= 15 is 0 Å². The molecule has 0 aliphatic heterocycles. The highest BCUT2D eigenvalue weighted by molar-refractivity contribution is 6.30. The smallest absolute Gasteiger partial charge is 0.271 e. The number of rotatable bonds is 4. The number of aromatic nitrogens is 2. The summed E-state index contributed by atoms with van der Waals surface area (Å²) in [5.74, 6) is -1.59.